The molecular formula is C15H15NO3S2. The Labute approximate surface area is 131 Å². The number of carbonyl (C=O) groups is 2. The molecule has 2 aromatic rings. The third-order valence-corrected chi connectivity index (χ3v) is 4.31. The second-order valence-corrected chi connectivity index (χ2v) is 6.00. The zero-order chi connectivity index (χ0) is 15.1. The summed E-state index contributed by atoms with van der Waals surface area (Å²) in [7, 11) is 0. The minimum Gasteiger partial charge on any atom is -0.460 e. The Kier molecular flexibility index (Phi) is 5.83. The van der Waals surface area contributed by atoms with Crippen molar-refractivity contribution in [1.82, 2.24) is 5.32 Å². The summed E-state index contributed by atoms with van der Waals surface area (Å²) >= 11 is 2.99. The Hall–Kier alpha value is -1.79. The number of hydrogen-bond donors (Lipinski definition) is 1. The molecule has 4 nitrogen and oxygen atoms in total. The average Bonchev–Trinajstić information content (AvgIpc) is 3.05. The fourth-order valence-electron chi connectivity index (χ4n) is 1.58. The van der Waals surface area contributed by atoms with Crippen LogP contribution in [0, 0.1) is 0 Å². The molecule has 6 heteroatoms. The maximum absolute atomic E-state index is 11.6. The fourth-order valence-corrected chi connectivity index (χ4v) is 2.63. The van der Waals surface area contributed by atoms with Crippen molar-refractivity contribution in [3.8, 4) is 0 Å². The number of thiophene rings is 1. The van der Waals surface area contributed by atoms with Gasteiger partial charge in [0.25, 0.3) is 5.91 Å². The summed E-state index contributed by atoms with van der Waals surface area (Å²) in [6, 6.07) is 11.3. The van der Waals surface area contributed by atoms with Gasteiger partial charge in [-0.25, -0.2) is 0 Å². The van der Waals surface area contributed by atoms with Gasteiger partial charge in [0.2, 0.25) is 0 Å². The maximum atomic E-state index is 11.6. The van der Waals surface area contributed by atoms with E-state index in [1.807, 2.05) is 35.9 Å². The molecule has 21 heavy (non-hydrogen) atoms. The largest absolute Gasteiger partial charge is 0.460 e. The van der Waals surface area contributed by atoms with Crippen molar-refractivity contribution >= 4 is 35.0 Å². The lowest BCUT2D eigenvalue weighted by Gasteiger charge is -2.06. The quantitative estimate of drug-likeness (QED) is 0.656. The monoisotopic (exact) mass is 321 g/mol. The molecule has 1 N–H and O–H groups in total. The van der Waals surface area contributed by atoms with Crippen LogP contribution >= 0.6 is 23.1 Å². The molecule has 1 aromatic carbocycles. The highest BCUT2D eigenvalue weighted by Gasteiger charge is 2.09. The Morgan fingerprint density at radius 2 is 2.00 bits per heavy atom. The molecule has 1 heterocycles. The number of carbonyl (C=O) groups excluding carboxylic acids is 2. The molecule has 0 spiro atoms. The SMILES string of the molecule is CSc1ccc(COC(=O)CNC(=O)c2cccs2)cc1. The van der Waals surface area contributed by atoms with E-state index >= 15 is 0 Å². The Bertz CT molecular complexity index is 594. The van der Waals surface area contributed by atoms with Crippen molar-refractivity contribution in [3.63, 3.8) is 0 Å². The van der Waals surface area contributed by atoms with Crippen molar-refractivity contribution in [2.45, 2.75) is 11.5 Å². The number of thioether (sulfide) groups is 1. The van der Waals surface area contributed by atoms with Crippen LogP contribution in [0.5, 0.6) is 0 Å². The lowest BCUT2D eigenvalue weighted by molar-refractivity contribution is -0.143. The highest BCUT2D eigenvalue weighted by molar-refractivity contribution is 7.98. The summed E-state index contributed by atoms with van der Waals surface area (Å²) in [6.07, 6.45) is 2.01. The van der Waals surface area contributed by atoms with E-state index in [0.29, 0.717) is 4.88 Å². The van der Waals surface area contributed by atoms with E-state index in [1.165, 1.54) is 11.3 Å². The minimum absolute atomic E-state index is 0.125. The van der Waals surface area contributed by atoms with Crippen LogP contribution in [-0.4, -0.2) is 24.7 Å². The smallest absolute Gasteiger partial charge is 0.325 e. The number of esters is 1. The molecule has 0 unspecified atom stereocenters. The van der Waals surface area contributed by atoms with Crippen LogP contribution in [0.3, 0.4) is 0 Å². The van der Waals surface area contributed by atoms with Gasteiger partial charge in [0, 0.05) is 4.90 Å². The van der Waals surface area contributed by atoms with Crippen LogP contribution in [0.2, 0.25) is 0 Å². The van der Waals surface area contributed by atoms with Crippen LogP contribution < -0.4 is 5.32 Å². The molecule has 0 radical (unpaired) electrons. The van der Waals surface area contributed by atoms with Gasteiger partial charge < -0.3 is 10.1 Å². The first-order chi connectivity index (χ1) is 10.2. The van der Waals surface area contributed by atoms with Crippen molar-refractivity contribution in [3.05, 3.63) is 52.2 Å². The minimum atomic E-state index is -0.450. The van der Waals surface area contributed by atoms with Crippen LogP contribution in [0.4, 0.5) is 0 Å². The molecule has 0 bridgehead atoms. The first-order valence-electron chi connectivity index (χ1n) is 6.29. The summed E-state index contributed by atoms with van der Waals surface area (Å²) < 4.78 is 5.11. The first kappa shape index (κ1) is 15.6. The van der Waals surface area contributed by atoms with Crippen LogP contribution in [0.1, 0.15) is 15.2 Å². The zero-order valence-corrected chi connectivity index (χ0v) is 13.1. The normalized spacial score (nSPS) is 10.1. The standard InChI is InChI=1S/C15H15NO3S2/c1-20-12-6-4-11(5-7-12)10-19-14(17)9-16-15(18)13-3-2-8-21-13/h2-8H,9-10H2,1H3,(H,16,18). The van der Waals surface area contributed by atoms with E-state index in [2.05, 4.69) is 5.32 Å². The van der Waals surface area contributed by atoms with E-state index in [0.717, 1.165) is 10.5 Å². The fraction of sp³-hybridized carbons (Fsp3) is 0.200. The number of hydrogen-bond acceptors (Lipinski definition) is 5. The summed E-state index contributed by atoms with van der Waals surface area (Å²) in [5, 5.41) is 4.34. The van der Waals surface area contributed by atoms with Crippen LogP contribution in [0.15, 0.2) is 46.7 Å². The lowest BCUT2D eigenvalue weighted by Crippen LogP contribution is -2.30. The molecule has 110 valence electrons. The maximum Gasteiger partial charge on any atom is 0.325 e. The van der Waals surface area contributed by atoms with Gasteiger partial charge in [-0.05, 0) is 35.4 Å². The molecule has 1 amide bonds. The first-order valence-corrected chi connectivity index (χ1v) is 8.40. The van der Waals surface area contributed by atoms with Crippen molar-refractivity contribution < 1.29 is 14.3 Å². The van der Waals surface area contributed by atoms with Crippen LogP contribution in [0.25, 0.3) is 0 Å². The number of nitrogens with one attached hydrogen (secondary N) is 1. The van der Waals surface area contributed by atoms with Gasteiger partial charge in [-0.1, -0.05) is 18.2 Å². The van der Waals surface area contributed by atoms with Gasteiger partial charge >= 0.3 is 5.97 Å². The van der Waals surface area contributed by atoms with Gasteiger partial charge in [0.15, 0.2) is 0 Å². The Balaban J connectivity index is 1.73. The number of ether oxygens (including phenoxy) is 1. The summed E-state index contributed by atoms with van der Waals surface area (Å²) in [4.78, 5) is 25.0. The van der Waals surface area contributed by atoms with Gasteiger partial charge in [-0.3, -0.25) is 9.59 Å². The van der Waals surface area contributed by atoms with E-state index in [1.54, 1.807) is 23.9 Å². The predicted molar refractivity (Wildman–Crippen MR) is 84.7 cm³/mol. The van der Waals surface area contributed by atoms with E-state index in [4.69, 9.17) is 4.74 Å². The molecule has 0 aliphatic carbocycles. The number of rotatable bonds is 6. The lowest BCUT2D eigenvalue weighted by atomic mass is 10.2. The summed E-state index contributed by atoms with van der Waals surface area (Å²) in [6.45, 7) is 0.0853. The molecular weight excluding hydrogens is 306 g/mol. The van der Waals surface area contributed by atoms with E-state index in [9.17, 15) is 9.59 Å². The van der Waals surface area contributed by atoms with E-state index < -0.39 is 5.97 Å². The van der Waals surface area contributed by atoms with Crippen molar-refractivity contribution in [1.29, 1.82) is 0 Å². The Morgan fingerprint density at radius 3 is 2.62 bits per heavy atom. The highest BCUT2D eigenvalue weighted by Crippen LogP contribution is 2.15. The third kappa shape index (κ3) is 4.91. The summed E-state index contributed by atoms with van der Waals surface area (Å²) in [5.41, 5.74) is 0.922. The third-order valence-electron chi connectivity index (χ3n) is 2.70. The number of amides is 1. The molecule has 2 rings (SSSR count). The second kappa shape index (κ2) is 7.85. The molecule has 0 aliphatic rings. The molecule has 0 fully saturated rings. The molecule has 0 aliphatic heterocycles. The zero-order valence-electron chi connectivity index (χ0n) is 11.5. The molecule has 0 saturated carbocycles. The van der Waals surface area contributed by atoms with Gasteiger partial charge in [0.1, 0.15) is 13.2 Å². The molecule has 1 aromatic heterocycles. The predicted octanol–water partition coefficient (Wildman–Crippen LogP) is 2.94. The van der Waals surface area contributed by atoms with Gasteiger partial charge in [0.05, 0.1) is 4.88 Å². The molecule has 0 saturated heterocycles. The topological polar surface area (TPSA) is 55.4 Å². The molecule has 0 atom stereocenters. The van der Waals surface area contributed by atoms with Crippen LogP contribution in [-0.2, 0) is 16.1 Å². The summed E-state index contributed by atoms with van der Waals surface area (Å²) in [5.74, 6) is -0.708. The van der Waals surface area contributed by atoms with Crippen molar-refractivity contribution in [2.75, 3.05) is 12.8 Å². The number of benzene rings is 1. The van der Waals surface area contributed by atoms with Gasteiger partial charge in [-0.2, -0.15) is 0 Å². The highest BCUT2D eigenvalue weighted by atomic mass is 32.2. The van der Waals surface area contributed by atoms with Crippen molar-refractivity contribution in [2.24, 2.45) is 0 Å². The van der Waals surface area contributed by atoms with E-state index in [-0.39, 0.29) is 19.1 Å². The van der Waals surface area contributed by atoms with Gasteiger partial charge in [-0.15, -0.1) is 23.1 Å². The second-order valence-electron chi connectivity index (χ2n) is 4.17. The average molecular weight is 321 g/mol. The Morgan fingerprint density at radius 1 is 1.24 bits per heavy atom.